The number of anilines is 1. The molecule has 0 heterocycles. The summed E-state index contributed by atoms with van der Waals surface area (Å²) in [6, 6.07) is 7.74. The van der Waals surface area contributed by atoms with Gasteiger partial charge in [-0.15, -0.1) is 0 Å². The number of amides is 1. The van der Waals surface area contributed by atoms with Gasteiger partial charge in [-0.05, 0) is 35.4 Å². The topological polar surface area (TPSA) is 55.1 Å². The third-order valence-electron chi connectivity index (χ3n) is 3.76. The van der Waals surface area contributed by atoms with Gasteiger partial charge in [-0.25, -0.2) is 0 Å². The highest BCUT2D eigenvalue weighted by Crippen LogP contribution is 2.20. The van der Waals surface area contributed by atoms with E-state index in [4.69, 9.17) is 5.73 Å². The van der Waals surface area contributed by atoms with E-state index in [0.717, 1.165) is 17.8 Å². The summed E-state index contributed by atoms with van der Waals surface area (Å²) in [7, 11) is 0. The zero-order valence-corrected chi connectivity index (χ0v) is 12.4. The largest absolute Gasteiger partial charge is 0.399 e. The molecule has 1 aromatic carbocycles. The highest BCUT2D eigenvalue weighted by Gasteiger charge is 2.13. The SMILES string of the molecule is CC(CC(=O)NCC(C)C(C)C)c1ccc(N)cc1. The van der Waals surface area contributed by atoms with Gasteiger partial charge in [0.1, 0.15) is 0 Å². The number of rotatable bonds is 6. The maximum absolute atomic E-state index is 11.9. The third-order valence-corrected chi connectivity index (χ3v) is 3.76. The smallest absolute Gasteiger partial charge is 0.220 e. The summed E-state index contributed by atoms with van der Waals surface area (Å²) < 4.78 is 0. The normalized spacial score (nSPS) is 14.2. The lowest BCUT2D eigenvalue weighted by atomic mass is 9.96. The number of benzene rings is 1. The van der Waals surface area contributed by atoms with Crippen molar-refractivity contribution in [2.24, 2.45) is 11.8 Å². The minimum absolute atomic E-state index is 0.122. The predicted molar refractivity (Wildman–Crippen MR) is 80.9 cm³/mol. The minimum Gasteiger partial charge on any atom is -0.399 e. The molecule has 0 saturated heterocycles. The molecule has 0 fully saturated rings. The molecule has 3 N–H and O–H groups in total. The van der Waals surface area contributed by atoms with E-state index in [-0.39, 0.29) is 11.8 Å². The molecule has 1 aromatic rings. The Bertz CT molecular complexity index is 398. The van der Waals surface area contributed by atoms with E-state index in [9.17, 15) is 4.79 Å². The molecule has 0 saturated carbocycles. The molecule has 2 unspecified atom stereocenters. The van der Waals surface area contributed by atoms with Crippen LogP contribution in [0, 0.1) is 11.8 Å². The van der Waals surface area contributed by atoms with Crippen LogP contribution < -0.4 is 11.1 Å². The summed E-state index contributed by atoms with van der Waals surface area (Å²) in [5, 5.41) is 3.01. The van der Waals surface area contributed by atoms with Gasteiger partial charge in [0.15, 0.2) is 0 Å². The molecule has 0 aliphatic carbocycles. The van der Waals surface area contributed by atoms with Crippen molar-refractivity contribution in [3.05, 3.63) is 29.8 Å². The lowest BCUT2D eigenvalue weighted by molar-refractivity contribution is -0.121. The predicted octanol–water partition coefficient (Wildman–Crippen LogP) is 3.17. The summed E-state index contributed by atoms with van der Waals surface area (Å²) in [4.78, 5) is 11.9. The van der Waals surface area contributed by atoms with Gasteiger partial charge in [0, 0.05) is 18.7 Å². The van der Waals surface area contributed by atoms with E-state index < -0.39 is 0 Å². The van der Waals surface area contributed by atoms with Crippen molar-refractivity contribution in [2.75, 3.05) is 12.3 Å². The van der Waals surface area contributed by atoms with Gasteiger partial charge >= 0.3 is 0 Å². The second-order valence-electron chi connectivity index (χ2n) is 5.80. The Hall–Kier alpha value is -1.51. The molecule has 3 heteroatoms. The van der Waals surface area contributed by atoms with Crippen molar-refractivity contribution in [1.29, 1.82) is 0 Å². The number of nitrogen functional groups attached to an aromatic ring is 1. The second kappa shape index (κ2) is 7.17. The molecule has 19 heavy (non-hydrogen) atoms. The van der Waals surface area contributed by atoms with Crippen LogP contribution in [-0.2, 0) is 4.79 Å². The fourth-order valence-electron chi connectivity index (χ4n) is 1.80. The van der Waals surface area contributed by atoms with Crippen LogP contribution in [0.1, 0.15) is 45.6 Å². The minimum atomic E-state index is 0.122. The van der Waals surface area contributed by atoms with E-state index in [1.165, 1.54) is 0 Å². The lowest BCUT2D eigenvalue weighted by Crippen LogP contribution is -2.30. The maximum Gasteiger partial charge on any atom is 0.220 e. The van der Waals surface area contributed by atoms with Gasteiger partial charge in [0.25, 0.3) is 0 Å². The molecule has 0 aliphatic heterocycles. The van der Waals surface area contributed by atoms with E-state index in [2.05, 4.69) is 33.0 Å². The Kier molecular flexibility index (Phi) is 5.87. The number of hydrogen-bond acceptors (Lipinski definition) is 2. The molecular weight excluding hydrogens is 236 g/mol. The molecule has 1 amide bonds. The third kappa shape index (κ3) is 5.33. The Morgan fingerprint density at radius 2 is 1.74 bits per heavy atom. The summed E-state index contributed by atoms with van der Waals surface area (Å²) >= 11 is 0. The Balaban J connectivity index is 2.42. The number of carbonyl (C=O) groups is 1. The molecule has 1 rings (SSSR count). The van der Waals surface area contributed by atoms with Crippen molar-refractivity contribution in [1.82, 2.24) is 5.32 Å². The highest BCUT2D eigenvalue weighted by atomic mass is 16.1. The number of carbonyl (C=O) groups excluding carboxylic acids is 1. The van der Waals surface area contributed by atoms with Crippen LogP contribution in [0.15, 0.2) is 24.3 Å². The fourth-order valence-corrected chi connectivity index (χ4v) is 1.80. The quantitative estimate of drug-likeness (QED) is 0.774. The first-order valence-corrected chi connectivity index (χ1v) is 7.02. The van der Waals surface area contributed by atoms with E-state index >= 15 is 0 Å². The van der Waals surface area contributed by atoms with Crippen LogP contribution in [0.2, 0.25) is 0 Å². The molecule has 0 radical (unpaired) electrons. The first-order chi connectivity index (χ1) is 8.90. The first-order valence-electron chi connectivity index (χ1n) is 7.02. The lowest BCUT2D eigenvalue weighted by Gasteiger charge is -2.17. The molecule has 0 spiro atoms. The van der Waals surface area contributed by atoms with Crippen molar-refractivity contribution < 1.29 is 4.79 Å². The van der Waals surface area contributed by atoms with Gasteiger partial charge in [-0.2, -0.15) is 0 Å². The van der Waals surface area contributed by atoms with E-state index in [1.807, 2.05) is 24.3 Å². The Morgan fingerprint density at radius 3 is 2.26 bits per heavy atom. The van der Waals surface area contributed by atoms with Crippen LogP contribution in [-0.4, -0.2) is 12.5 Å². The number of nitrogens with one attached hydrogen (secondary N) is 1. The summed E-state index contributed by atoms with van der Waals surface area (Å²) in [5.74, 6) is 1.44. The standard InChI is InChI=1S/C16H26N2O/c1-11(2)13(4)10-18-16(19)9-12(3)14-5-7-15(17)8-6-14/h5-8,11-13H,9-10,17H2,1-4H3,(H,18,19). The average molecular weight is 262 g/mol. The van der Waals surface area contributed by atoms with Crippen LogP contribution in [0.4, 0.5) is 5.69 Å². The van der Waals surface area contributed by atoms with Crippen molar-refractivity contribution in [3.8, 4) is 0 Å². The van der Waals surface area contributed by atoms with Gasteiger partial charge in [-0.1, -0.05) is 39.8 Å². The average Bonchev–Trinajstić information content (AvgIpc) is 2.36. The van der Waals surface area contributed by atoms with Crippen LogP contribution in [0.5, 0.6) is 0 Å². The van der Waals surface area contributed by atoms with Crippen LogP contribution >= 0.6 is 0 Å². The Morgan fingerprint density at radius 1 is 1.16 bits per heavy atom. The maximum atomic E-state index is 11.9. The molecule has 0 aromatic heterocycles. The Labute approximate surface area is 116 Å². The molecule has 106 valence electrons. The number of hydrogen-bond donors (Lipinski definition) is 2. The monoisotopic (exact) mass is 262 g/mol. The zero-order valence-electron chi connectivity index (χ0n) is 12.4. The van der Waals surface area contributed by atoms with Gasteiger partial charge in [0.05, 0.1) is 0 Å². The molecule has 2 atom stereocenters. The van der Waals surface area contributed by atoms with Crippen molar-refractivity contribution in [3.63, 3.8) is 0 Å². The summed E-state index contributed by atoms with van der Waals surface area (Å²) in [6.45, 7) is 9.33. The van der Waals surface area contributed by atoms with Gasteiger partial charge < -0.3 is 11.1 Å². The van der Waals surface area contributed by atoms with Gasteiger partial charge in [-0.3, -0.25) is 4.79 Å². The van der Waals surface area contributed by atoms with Gasteiger partial charge in [0.2, 0.25) is 5.91 Å². The molecule has 3 nitrogen and oxygen atoms in total. The van der Waals surface area contributed by atoms with Crippen molar-refractivity contribution >= 4 is 11.6 Å². The fraction of sp³-hybridized carbons (Fsp3) is 0.562. The van der Waals surface area contributed by atoms with Crippen LogP contribution in [0.3, 0.4) is 0 Å². The van der Waals surface area contributed by atoms with Crippen molar-refractivity contribution in [2.45, 2.75) is 40.0 Å². The van der Waals surface area contributed by atoms with E-state index in [0.29, 0.717) is 18.3 Å². The summed E-state index contributed by atoms with van der Waals surface area (Å²) in [5.41, 5.74) is 7.57. The van der Waals surface area contributed by atoms with E-state index in [1.54, 1.807) is 0 Å². The second-order valence-corrected chi connectivity index (χ2v) is 5.80. The number of nitrogens with two attached hydrogens (primary N) is 1. The highest BCUT2D eigenvalue weighted by molar-refractivity contribution is 5.76. The van der Waals surface area contributed by atoms with Crippen LogP contribution in [0.25, 0.3) is 0 Å². The molecule has 0 bridgehead atoms. The molecule has 0 aliphatic rings. The first kappa shape index (κ1) is 15.5. The zero-order chi connectivity index (χ0) is 14.4. The summed E-state index contributed by atoms with van der Waals surface area (Å²) in [6.07, 6.45) is 0.523. The molecular formula is C16H26N2O.